The summed E-state index contributed by atoms with van der Waals surface area (Å²) in [5, 5.41) is 8.91. The van der Waals surface area contributed by atoms with Crippen molar-refractivity contribution >= 4 is 41.3 Å². The quantitative estimate of drug-likeness (QED) is 0.374. The van der Waals surface area contributed by atoms with Crippen LogP contribution >= 0.6 is 35.3 Å². The van der Waals surface area contributed by atoms with Gasteiger partial charge in [0.05, 0.1) is 6.54 Å². The molecule has 1 heterocycles. The van der Waals surface area contributed by atoms with Gasteiger partial charge in [-0.3, -0.25) is 4.99 Å². The van der Waals surface area contributed by atoms with Gasteiger partial charge in [-0.25, -0.2) is 0 Å². The molecular weight excluding hydrogens is 407 g/mol. The summed E-state index contributed by atoms with van der Waals surface area (Å²) in [6.45, 7) is 4.83. The van der Waals surface area contributed by atoms with E-state index in [0.29, 0.717) is 6.04 Å². The van der Waals surface area contributed by atoms with Crippen molar-refractivity contribution in [1.82, 2.24) is 15.5 Å². The number of rotatable bonds is 8. The molecule has 0 amide bonds. The zero-order chi connectivity index (χ0) is 15.1. The highest BCUT2D eigenvalue weighted by Crippen LogP contribution is 2.34. The average Bonchev–Trinajstić information content (AvgIpc) is 3.14. The Morgan fingerprint density at radius 3 is 2.73 bits per heavy atom. The van der Waals surface area contributed by atoms with Crippen molar-refractivity contribution in [3.05, 3.63) is 22.4 Å². The van der Waals surface area contributed by atoms with Gasteiger partial charge >= 0.3 is 0 Å². The molecule has 1 saturated carbocycles. The van der Waals surface area contributed by atoms with E-state index in [1.54, 1.807) is 0 Å². The molecule has 0 bridgehead atoms. The summed E-state index contributed by atoms with van der Waals surface area (Å²) in [5.41, 5.74) is 0. The lowest BCUT2D eigenvalue weighted by Gasteiger charge is -2.22. The topological polar surface area (TPSA) is 39.7 Å². The van der Waals surface area contributed by atoms with Gasteiger partial charge in [0, 0.05) is 24.0 Å². The van der Waals surface area contributed by atoms with Gasteiger partial charge in [-0.1, -0.05) is 6.07 Å². The van der Waals surface area contributed by atoms with E-state index in [0.717, 1.165) is 37.9 Å². The van der Waals surface area contributed by atoms with Gasteiger partial charge in [-0.15, -0.1) is 35.3 Å². The molecule has 1 atom stereocenters. The lowest BCUT2D eigenvalue weighted by atomic mass is 10.2. The van der Waals surface area contributed by atoms with E-state index in [-0.39, 0.29) is 24.0 Å². The molecule has 2 N–H and O–H groups in total. The summed E-state index contributed by atoms with van der Waals surface area (Å²) in [6.07, 6.45) is 3.78. The van der Waals surface area contributed by atoms with Crippen LogP contribution in [0.4, 0.5) is 0 Å². The second kappa shape index (κ2) is 10.4. The Hall–Kier alpha value is -0.340. The van der Waals surface area contributed by atoms with Crippen LogP contribution in [0, 0.1) is 5.92 Å². The van der Waals surface area contributed by atoms with Gasteiger partial charge in [0.2, 0.25) is 0 Å². The minimum Gasteiger partial charge on any atom is -0.357 e. The highest BCUT2D eigenvalue weighted by atomic mass is 127. The number of likely N-dealkylation sites (N-methyl/N-ethyl adjacent to an activating group) is 1. The molecule has 6 heteroatoms. The number of aliphatic imine (C=N–C) groups is 1. The summed E-state index contributed by atoms with van der Waals surface area (Å²) in [7, 11) is 4.32. The largest absolute Gasteiger partial charge is 0.357 e. The van der Waals surface area contributed by atoms with Crippen LogP contribution in [-0.4, -0.2) is 50.6 Å². The Labute approximate surface area is 155 Å². The number of hydrogen-bond donors (Lipinski definition) is 2. The maximum atomic E-state index is 4.77. The molecule has 0 aliphatic heterocycles. The van der Waals surface area contributed by atoms with Crippen molar-refractivity contribution in [2.75, 3.05) is 33.7 Å². The van der Waals surface area contributed by atoms with Crippen LogP contribution < -0.4 is 10.6 Å². The van der Waals surface area contributed by atoms with E-state index in [2.05, 4.69) is 54.1 Å². The molecule has 22 heavy (non-hydrogen) atoms. The molecule has 0 radical (unpaired) electrons. The van der Waals surface area contributed by atoms with E-state index in [4.69, 9.17) is 4.99 Å². The fraction of sp³-hybridized carbons (Fsp3) is 0.688. The van der Waals surface area contributed by atoms with Crippen molar-refractivity contribution in [3.8, 4) is 0 Å². The normalized spacial score (nSPS) is 16.3. The second-order valence-corrected chi connectivity index (χ2v) is 6.88. The Morgan fingerprint density at radius 2 is 2.18 bits per heavy atom. The average molecular weight is 436 g/mol. The molecule has 126 valence electrons. The Balaban J connectivity index is 0.00000242. The van der Waals surface area contributed by atoms with Gasteiger partial charge in [0.1, 0.15) is 0 Å². The zero-order valence-corrected chi connectivity index (χ0v) is 17.0. The minimum absolute atomic E-state index is 0. The molecule has 0 aromatic carbocycles. The number of guanidine groups is 1. The monoisotopic (exact) mass is 436 g/mol. The van der Waals surface area contributed by atoms with Crippen LogP contribution in [0.25, 0.3) is 0 Å². The number of nitrogens with zero attached hydrogens (tertiary/aromatic N) is 2. The highest BCUT2D eigenvalue weighted by Gasteiger charge is 2.32. The lowest BCUT2D eigenvalue weighted by Crippen LogP contribution is -2.40. The first kappa shape index (κ1) is 19.7. The van der Waals surface area contributed by atoms with E-state index >= 15 is 0 Å². The first-order valence-electron chi connectivity index (χ1n) is 7.91. The fourth-order valence-corrected chi connectivity index (χ4v) is 3.21. The predicted molar refractivity (Wildman–Crippen MR) is 108 cm³/mol. The van der Waals surface area contributed by atoms with Crippen molar-refractivity contribution in [1.29, 1.82) is 0 Å². The summed E-state index contributed by atoms with van der Waals surface area (Å²) in [5.74, 6) is 1.79. The molecule has 1 aliphatic rings. The Kier molecular flexibility index (Phi) is 9.35. The third-order valence-corrected chi connectivity index (χ3v) is 4.79. The summed E-state index contributed by atoms with van der Waals surface area (Å²) in [6, 6.07) is 4.88. The third-order valence-electron chi connectivity index (χ3n) is 3.85. The van der Waals surface area contributed by atoms with E-state index < -0.39 is 0 Å². The smallest absolute Gasteiger partial charge is 0.191 e. The molecule has 4 nitrogen and oxygen atoms in total. The Bertz CT molecular complexity index is 427. The van der Waals surface area contributed by atoms with Crippen molar-refractivity contribution in [2.45, 2.75) is 32.2 Å². The molecule has 2 rings (SSSR count). The van der Waals surface area contributed by atoms with Crippen LogP contribution in [0.15, 0.2) is 22.5 Å². The highest BCUT2D eigenvalue weighted by molar-refractivity contribution is 14.0. The molecule has 1 aromatic rings. The number of thiophene rings is 1. The molecule has 0 saturated heterocycles. The zero-order valence-electron chi connectivity index (χ0n) is 13.8. The molecule has 1 fully saturated rings. The number of nitrogens with one attached hydrogen (secondary N) is 2. The SMILES string of the molecule is CCNC(=NCC(C1CC1)N(C)C)NCCc1cccs1.I. The maximum Gasteiger partial charge on any atom is 0.191 e. The number of hydrogen-bond acceptors (Lipinski definition) is 3. The molecule has 1 aromatic heterocycles. The standard InChI is InChI=1S/C16H28N4S.HI/c1-4-17-16(18-10-9-14-6-5-11-21-14)19-12-15(20(2)3)13-7-8-13;/h5-6,11,13,15H,4,7-10,12H2,1-3H3,(H2,17,18,19);1H. The van der Waals surface area contributed by atoms with E-state index in [1.807, 2.05) is 11.3 Å². The van der Waals surface area contributed by atoms with Gasteiger partial charge in [0.15, 0.2) is 5.96 Å². The van der Waals surface area contributed by atoms with Crippen molar-refractivity contribution < 1.29 is 0 Å². The van der Waals surface area contributed by atoms with E-state index in [9.17, 15) is 0 Å². The van der Waals surface area contributed by atoms with E-state index in [1.165, 1.54) is 17.7 Å². The molecule has 1 unspecified atom stereocenters. The Morgan fingerprint density at radius 1 is 1.41 bits per heavy atom. The second-order valence-electron chi connectivity index (χ2n) is 5.84. The van der Waals surface area contributed by atoms with Gasteiger partial charge in [-0.05, 0) is 57.6 Å². The molecule has 1 aliphatic carbocycles. The summed E-state index contributed by atoms with van der Waals surface area (Å²) < 4.78 is 0. The summed E-state index contributed by atoms with van der Waals surface area (Å²) in [4.78, 5) is 8.51. The third kappa shape index (κ3) is 6.83. The van der Waals surface area contributed by atoms with Gasteiger partial charge < -0.3 is 15.5 Å². The predicted octanol–water partition coefficient (Wildman–Crippen LogP) is 2.80. The molecular formula is C16H29IN4S. The first-order chi connectivity index (χ1) is 10.2. The minimum atomic E-state index is 0. The van der Waals surface area contributed by atoms with Gasteiger partial charge in [0.25, 0.3) is 0 Å². The first-order valence-corrected chi connectivity index (χ1v) is 8.79. The van der Waals surface area contributed by atoms with Crippen LogP contribution in [-0.2, 0) is 6.42 Å². The lowest BCUT2D eigenvalue weighted by molar-refractivity contribution is 0.271. The van der Waals surface area contributed by atoms with Gasteiger partial charge in [-0.2, -0.15) is 0 Å². The summed E-state index contributed by atoms with van der Waals surface area (Å²) >= 11 is 1.82. The van der Waals surface area contributed by atoms with Crippen LogP contribution in [0.1, 0.15) is 24.6 Å². The molecule has 0 spiro atoms. The maximum absolute atomic E-state index is 4.77. The number of halogens is 1. The van der Waals surface area contributed by atoms with Crippen LogP contribution in [0.3, 0.4) is 0 Å². The van der Waals surface area contributed by atoms with Crippen LogP contribution in [0.5, 0.6) is 0 Å². The van der Waals surface area contributed by atoms with Crippen molar-refractivity contribution in [2.24, 2.45) is 10.9 Å². The fourth-order valence-electron chi connectivity index (χ4n) is 2.50. The van der Waals surface area contributed by atoms with Crippen LogP contribution in [0.2, 0.25) is 0 Å². The van der Waals surface area contributed by atoms with Crippen molar-refractivity contribution in [3.63, 3.8) is 0 Å².